The van der Waals surface area contributed by atoms with E-state index in [2.05, 4.69) is 54.5 Å². The van der Waals surface area contributed by atoms with E-state index in [0.29, 0.717) is 25.7 Å². The second kappa shape index (κ2) is 24.1. The summed E-state index contributed by atoms with van der Waals surface area (Å²) >= 11 is 0. The second-order valence-electron chi connectivity index (χ2n) is 28.4. The van der Waals surface area contributed by atoms with Crippen LogP contribution in [0.4, 0.5) is 0 Å². The fourth-order valence-electron chi connectivity index (χ4n) is 17.4. The number of carbonyl (C=O) groups excluding carboxylic acids is 2. The maximum Gasteiger partial charge on any atom is 0.317 e. The molecule has 486 valence electrons. The number of hydrogen-bond acceptors (Lipinski definition) is 26. The number of aliphatic hydroxyl groups excluding tert-OH is 13. The first kappa shape index (κ1) is 65.7. The molecule has 5 aliphatic carbocycles. The highest BCUT2D eigenvalue weighted by atomic mass is 16.8. The lowest BCUT2D eigenvalue weighted by Crippen LogP contribution is -2.68. The Kier molecular flexibility index (Phi) is 18.7. The fraction of sp³-hybridized carbons (Fsp3) is 0.932. The third-order valence-electron chi connectivity index (χ3n) is 22.6. The first-order valence-electron chi connectivity index (χ1n) is 30.4. The molecule has 10 rings (SSSR count). The van der Waals surface area contributed by atoms with Gasteiger partial charge in [-0.05, 0) is 110 Å². The summed E-state index contributed by atoms with van der Waals surface area (Å²) in [6, 6.07) is 0. The molecule has 0 aromatic carbocycles. The zero-order valence-electron chi connectivity index (χ0n) is 50.0. The summed E-state index contributed by atoms with van der Waals surface area (Å²) in [4.78, 5) is 26.9. The van der Waals surface area contributed by atoms with Crippen molar-refractivity contribution in [3.63, 3.8) is 0 Å². The smallest absolute Gasteiger partial charge is 0.317 e. The van der Waals surface area contributed by atoms with E-state index in [1.165, 1.54) is 6.92 Å². The standard InChI is InChI=1S/C59H94O26/c1-24-46(83-49-43(71)39(67)30(22-78-49)80-25(2)60)41(69)45(73)50(79-24)84-47-37(65)29(62)21-76-52(47)85-53(74)59-17-16-54(3,4)18-27(59)26-10-11-33-56(7)14-13-35(55(5,6)32(56)12-15-57(33,8)58(26,9)19-34(59)63)82-51-44(72)40(68)38(66)31(81-51)23-77-48-42(70)36(64)28(61)20-75-48/h10,24,27-52,61-73H,11-23H2,1-9H3. The van der Waals surface area contributed by atoms with E-state index in [9.17, 15) is 71.2 Å². The van der Waals surface area contributed by atoms with Crippen molar-refractivity contribution in [2.45, 2.75) is 268 Å². The molecule has 85 heavy (non-hydrogen) atoms. The highest BCUT2D eigenvalue weighted by Crippen LogP contribution is 2.76. The molecule has 26 heteroatoms. The molecule has 0 radical (unpaired) electrons. The van der Waals surface area contributed by atoms with Gasteiger partial charge in [0.15, 0.2) is 37.4 Å². The molecule has 0 bridgehead atoms. The molecule has 0 aromatic heterocycles. The Labute approximate surface area is 494 Å². The van der Waals surface area contributed by atoms with Gasteiger partial charge in [-0.25, -0.2) is 0 Å². The van der Waals surface area contributed by atoms with Gasteiger partial charge in [0.1, 0.15) is 90.9 Å². The third kappa shape index (κ3) is 11.3. The van der Waals surface area contributed by atoms with Crippen molar-refractivity contribution in [3.05, 3.63) is 11.6 Å². The van der Waals surface area contributed by atoms with E-state index in [0.717, 1.165) is 31.8 Å². The average Bonchev–Trinajstić information content (AvgIpc) is 0.695. The molecule has 10 aliphatic rings. The van der Waals surface area contributed by atoms with Gasteiger partial charge in [0.2, 0.25) is 6.29 Å². The predicted molar refractivity (Wildman–Crippen MR) is 287 cm³/mol. The van der Waals surface area contributed by atoms with Crippen molar-refractivity contribution in [2.75, 3.05) is 26.4 Å². The molecule has 31 atom stereocenters. The number of hydrogen-bond donors (Lipinski definition) is 13. The molecule has 5 aliphatic heterocycles. The maximum absolute atomic E-state index is 15.4. The van der Waals surface area contributed by atoms with Gasteiger partial charge < -0.3 is 118 Å². The molecule has 0 spiro atoms. The van der Waals surface area contributed by atoms with E-state index in [-0.39, 0.29) is 54.1 Å². The van der Waals surface area contributed by atoms with Crippen LogP contribution in [0.25, 0.3) is 0 Å². The summed E-state index contributed by atoms with van der Waals surface area (Å²) in [5, 5.41) is 143. The minimum Gasteiger partial charge on any atom is -0.457 e. The van der Waals surface area contributed by atoms with Crippen LogP contribution in [-0.4, -0.2) is 252 Å². The van der Waals surface area contributed by atoms with Gasteiger partial charge in [-0.15, -0.1) is 0 Å². The average molecular weight is 1220 g/mol. The highest BCUT2D eigenvalue weighted by Gasteiger charge is 2.72. The van der Waals surface area contributed by atoms with Gasteiger partial charge in [0, 0.05) is 6.92 Å². The van der Waals surface area contributed by atoms with Crippen LogP contribution < -0.4 is 0 Å². The minimum atomic E-state index is -1.91. The van der Waals surface area contributed by atoms with Crippen LogP contribution >= 0.6 is 0 Å². The Morgan fingerprint density at radius 3 is 1.88 bits per heavy atom. The zero-order chi connectivity index (χ0) is 62.0. The molecule has 26 nitrogen and oxygen atoms in total. The highest BCUT2D eigenvalue weighted by molar-refractivity contribution is 5.80. The number of fused-ring (bicyclic) bond motifs is 7. The van der Waals surface area contributed by atoms with Crippen molar-refractivity contribution in [1.29, 1.82) is 0 Å². The largest absolute Gasteiger partial charge is 0.457 e. The van der Waals surface area contributed by atoms with Gasteiger partial charge in [-0.1, -0.05) is 60.1 Å². The van der Waals surface area contributed by atoms with Crippen LogP contribution in [0.3, 0.4) is 0 Å². The quantitative estimate of drug-likeness (QED) is 0.0587. The van der Waals surface area contributed by atoms with Crippen LogP contribution in [-0.2, 0) is 61.7 Å². The van der Waals surface area contributed by atoms with Gasteiger partial charge in [-0.2, -0.15) is 0 Å². The van der Waals surface area contributed by atoms with Crippen molar-refractivity contribution in [2.24, 2.45) is 50.2 Å². The molecular weight excluding hydrogens is 1120 g/mol. The van der Waals surface area contributed by atoms with Crippen molar-refractivity contribution < 1.29 is 128 Å². The SMILES string of the molecule is CC(=O)OC1COC(OC2C(C)OC(OC3C(OC(=O)C45CCC(C)(C)CC4C4=CCC6C7(C)CCC(OC8OC(COC9OCC(O)C(O)C9O)C(O)C(O)C8O)C(C)(C)C7CCC6(C)C4(C)CC5O)OCC(O)C3O)C(O)C2O)C(O)C1O. The summed E-state index contributed by atoms with van der Waals surface area (Å²) in [5.74, 6) is -1.81. The number of rotatable bonds is 12. The first-order valence-corrected chi connectivity index (χ1v) is 30.4. The van der Waals surface area contributed by atoms with Crippen LogP contribution in [0.1, 0.15) is 120 Å². The topological polar surface area (TPSA) is 399 Å². The van der Waals surface area contributed by atoms with Gasteiger partial charge in [0.25, 0.3) is 0 Å². The Morgan fingerprint density at radius 2 is 1.19 bits per heavy atom. The van der Waals surface area contributed by atoms with E-state index >= 15 is 4.79 Å². The summed E-state index contributed by atoms with van der Waals surface area (Å²) < 4.78 is 64.4. The van der Waals surface area contributed by atoms with Gasteiger partial charge in [0.05, 0.1) is 44.7 Å². The Bertz CT molecular complexity index is 2410. The number of ether oxygens (including phenoxy) is 11. The number of esters is 2. The summed E-state index contributed by atoms with van der Waals surface area (Å²) in [6.45, 7) is 16.5. The molecule has 0 amide bonds. The summed E-state index contributed by atoms with van der Waals surface area (Å²) in [7, 11) is 0. The number of allylic oxidation sites excluding steroid dienone is 2. The molecular formula is C59H94O26. The van der Waals surface area contributed by atoms with E-state index in [1.807, 2.05) is 0 Å². The van der Waals surface area contributed by atoms with E-state index in [4.69, 9.17) is 52.1 Å². The molecule has 4 saturated carbocycles. The molecule has 31 unspecified atom stereocenters. The molecule has 13 N–H and O–H groups in total. The van der Waals surface area contributed by atoms with Crippen LogP contribution in [0.2, 0.25) is 0 Å². The monoisotopic (exact) mass is 1220 g/mol. The molecule has 9 fully saturated rings. The third-order valence-corrected chi connectivity index (χ3v) is 22.6. The zero-order valence-corrected chi connectivity index (χ0v) is 50.0. The molecule has 5 heterocycles. The maximum atomic E-state index is 15.4. The second-order valence-corrected chi connectivity index (χ2v) is 28.4. The first-order chi connectivity index (χ1) is 39.7. The van der Waals surface area contributed by atoms with Crippen LogP contribution in [0.15, 0.2) is 11.6 Å². The Morgan fingerprint density at radius 1 is 0.576 bits per heavy atom. The minimum absolute atomic E-state index is 0.0825. The molecule has 0 aromatic rings. The van der Waals surface area contributed by atoms with Gasteiger partial charge in [-0.3, -0.25) is 9.59 Å². The van der Waals surface area contributed by atoms with Crippen molar-refractivity contribution >= 4 is 11.9 Å². The lowest BCUT2D eigenvalue weighted by Gasteiger charge is -2.71. The lowest BCUT2D eigenvalue weighted by atomic mass is 9.33. The summed E-state index contributed by atoms with van der Waals surface area (Å²) in [6.07, 6.45) is -28.4. The Balaban J connectivity index is 0.839. The van der Waals surface area contributed by atoms with E-state index in [1.54, 1.807) is 0 Å². The van der Waals surface area contributed by atoms with Crippen molar-refractivity contribution in [3.8, 4) is 0 Å². The summed E-state index contributed by atoms with van der Waals surface area (Å²) in [5.41, 5.74) is -2.45. The predicted octanol–water partition coefficient (Wildman–Crippen LogP) is -1.72. The van der Waals surface area contributed by atoms with Crippen LogP contribution in [0, 0.1) is 50.2 Å². The van der Waals surface area contributed by atoms with Crippen molar-refractivity contribution in [1.82, 2.24) is 0 Å². The lowest BCUT2D eigenvalue weighted by molar-refractivity contribution is -0.369. The normalized spacial score (nSPS) is 53.2. The van der Waals surface area contributed by atoms with E-state index < -0.39 is 195 Å². The van der Waals surface area contributed by atoms with Crippen LogP contribution in [0.5, 0.6) is 0 Å². The number of aliphatic hydroxyl groups is 13. The number of carbonyl (C=O) groups is 2. The van der Waals surface area contributed by atoms with Gasteiger partial charge >= 0.3 is 11.9 Å². The Hall–Kier alpha value is -2.20. The fourth-order valence-corrected chi connectivity index (χ4v) is 17.4. The molecule has 5 saturated heterocycles.